The summed E-state index contributed by atoms with van der Waals surface area (Å²) in [5, 5.41) is 0. The second-order valence-electron chi connectivity index (χ2n) is 6.09. The van der Waals surface area contributed by atoms with Crippen molar-refractivity contribution in [2.24, 2.45) is 0 Å². The molecule has 0 amide bonds. The van der Waals surface area contributed by atoms with Crippen LogP contribution in [0.1, 0.15) is 0 Å². The van der Waals surface area contributed by atoms with Gasteiger partial charge in [-0.15, -0.1) is 20.1 Å². The first-order valence-corrected chi connectivity index (χ1v) is 8.97. The monoisotopic (exact) mass is 400 g/mol. The Balaban J connectivity index is 1.67. The number of aromatic nitrogens is 2. The van der Waals surface area contributed by atoms with Crippen LogP contribution in [-0.2, 0) is 0 Å². The van der Waals surface area contributed by atoms with Crippen LogP contribution in [0, 0.1) is 0 Å². The Morgan fingerprint density at radius 2 is 1.71 bits per heavy atom. The van der Waals surface area contributed by atoms with E-state index in [0.29, 0.717) is 10.2 Å². The zero-order valence-electron chi connectivity index (χ0n) is 13.9. The summed E-state index contributed by atoms with van der Waals surface area (Å²) in [6, 6.07) is 14.9. The third-order valence-corrected chi connectivity index (χ3v) is 5.45. The lowest BCUT2D eigenvalue weighted by molar-refractivity contribution is -0.286. The largest absolute Gasteiger partial charge is 0.586 e. The van der Waals surface area contributed by atoms with E-state index in [2.05, 4.69) is 14.5 Å². The summed E-state index contributed by atoms with van der Waals surface area (Å²) in [7, 11) is 0. The average molecular weight is 400 g/mol. The minimum Gasteiger partial charge on any atom is -0.395 e. The van der Waals surface area contributed by atoms with E-state index in [1.165, 1.54) is 29.5 Å². The van der Waals surface area contributed by atoms with Crippen LogP contribution >= 0.6 is 11.3 Å². The minimum absolute atomic E-state index is 0.0999. The van der Waals surface area contributed by atoms with Crippen LogP contribution in [0.4, 0.5) is 8.78 Å². The van der Waals surface area contributed by atoms with E-state index in [1.54, 1.807) is 6.07 Å². The van der Waals surface area contributed by atoms with Gasteiger partial charge >= 0.3 is 12.0 Å². The van der Waals surface area contributed by atoms with Gasteiger partial charge in [-0.05, 0) is 23.8 Å². The van der Waals surface area contributed by atoms with E-state index in [1.807, 2.05) is 30.3 Å². The summed E-state index contributed by atoms with van der Waals surface area (Å²) in [6.07, 6.45) is -3.78. The van der Waals surface area contributed by atoms with E-state index >= 15 is 0 Å². The molecule has 4 aromatic rings. The summed E-state index contributed by atoms with van der Waals surface area (Å²) in [5.41, 5.74) is 0.211. The molecule has 0 bridgehead atoms. The molecule has 5 rings (SSSR count). The average Bonchev–Trinajstić information content (AvgIpc) is 3.21. The Kier molecular flexibility index (Phi) is 3.44. The maximum Gasteiger partial charge on any atom is 0.586 e. The molecule has 1 aliphatic heterocycles. The van der Waals surface area contributed by atoms with Crippen LogP contribution in [0.25, 0.3) is 26.3 Å². The third kappa shape index (κ3) is 2.59. The number of fused-ring (bicyclic) bond motifs is 2. The fraction of sp³-hybridized carbons (Fsp3) is 0.0526. The fourth-order valence-electron chi connectivity index (χ4n) is 3.06. The number of halogens is 2. The second kappa shape index (κ2) is 5.77. The SMILES string of the molecule is O=c1[nH]c2cc(-c3ccccc3)sc2c(=O)n1-c1ccc2c(c1)OC(F)(F)O2. The predicted molar refractivity (Wildman–Crippen MR) is 99.7 cm³/mol. The number of nitrogens with one attached hydrogen (secondary N) is 1. The van der Waals surface area contributed by atoms with Gasteiger partial charge in [0.25, 0.3) is 5.56 Å². The highest BCUT2D eigenvalue weighted by Gasteiger charge is 2.43. The van der Waals surface area contributed by atoms with E-state index in [0.717, 1.165) is 15.0 Å². The van der Waals surface area contributed by atoms with E-state index in [9.17, 15) is 18.4 Å². The first-order valence-electron chi connectivity index (χ1n) is 8.16. The summed E-state index contributed by atoms with van der Waals surface area (Å²) in [5.74, 6) is -0.410. The van der Waals surface area contributed by atoms with E-state index in [-0.39, 0.29) is 17.2 Å². The van der Waals surface area contributed by atoms with Crippen molar-refractivity contribution < 1.29 is 18.3 Å². The number of benzene rings is 2. The fourth-order valence-corrected chi connectivity index (χ4v) is 4.11. The second-order valence-corrected chi connectivity index (χ2v) is 7.14. The minimum atomic E-state index is -3.78. The molecular weight excluding hydrogens is 390 g/mol. The maximum absolute atomic E-state index is 13.2. The molecule has 0 saturated carbocycles. The van der Waals surface area contributed by atoms with Gasteiger partial charge in [-0.3, -0.25) is 4.79 Å². The van der Waals surface area contributed by atoms with E-state index in [4.69, 9.17) is 0 Å². The van der Waals surface area contributed by atoms with Crippen molar-refractivity contribution in [2.75, 3.05) is 0 Å². The van der Waals surface area contributed by atoms with Crippen LogP contribution in [0.15, 0.2) is 64.2 Å². The Morgan fingerprint density at radius 3 is 2.50 bits per heavy atom. The van der Waals surface area contributed by atoms with Gasteiger partial charge in [-0.1, -0.05) is 30.3 Å². The van der Waals surface area contributed by atoms with Gasteiger partial charge in [0.1, 0.15) is 4.70 Å². The van der Waals surface area contributed by atoms with Crippen molar-refractivity contribution in [2.45, 2.75) is 6.29 Å². The van der Waals surface area contributed by atoms with Gasteiger partial charge in [-0.2, -0.15) is 0 Å². The van der Waals surface area contributed by atoms with Gasteiger partial charge < -0.3 is 14.5 Å². The molecule has 6 nitrogen and oxygen atoms in total. The number of ether oxygens (including phenoxy) is 2. The number of hydrogen-bond donors (Lipinski definition) is 1. The first-order chi connectivity index (χ1) is 13.4. The van der Waals surface area contributed by atoms with Crippen molar-refractivity contribution in [1.29, 1.82) is 0 Å². The number of alkyl halides is 2. The Bertz CT molecular complexity index is 1340. The first kappa shape index (κ1) is 16.7. The molecule has 140 valence electrons. The number of H-pyrrole nitrogens is 1. The topological polar surface area (TPSA) is 73.3 Å². The molecule has 0 fully saturated rings. The molecule has 2 aromatic carbocycles. The van der Waals surface area contributed by atoms with Crippen LogP contribution < -0.4 is 20.7 Å². The molecule has 2 aromatic heterocycles. The molecule has 0 atom stereocenters. The molecule has 1 N–H and O–H groups in total. The lowest BCUT2D eigenvalue weighted by atomic mass is 10.2. The molecule has 1 aliphatic rings. The number of aromatic amines is 1. The summed E-state index contributed by atoms with van der Waals surface area (Å²) < 4.78 is 36.4. The molecule has 28 heavy (non-hydrogen) atoms. The highest BCUT2D eigenvalue weighted by Crippen LogP contribution is 2.41. The van der Waals surface area contributed by atoms with Crippen molar-refractivity contribution >= 4 is 21.6 Å². The summed E-state index contributed by atoms with van der Waals surface area (Å²) in [6.45, 7) is 0. The van der Waals surface area contributed by atoms with Crippen LogP contribution in [-0.4, -0.2) is 15.8 Å². The number of nitrogens with zero attached hydrogens (tertiary/aromatic N) is 1. The quantitative estimate of drug-likeness (QED) is 0.557. The molecule has 0 saturated heterocycles. The maximum atomic E-state index is 13.2. The van der Waals surface area contributed by atoms with Crippen LogP contribution in [0.5, 0.6) is 11.5 Å². The Morgan fingerprint density at radius 1 is 0.964 bits per heavy atom. The zero-order chi connectivity index (χ0) is 19.5. The third-order valence-electron chi connectivity index (χ3n) is 4.28. The molecular formula is C19H10F2N2O4S. The van der Waals surface area contributed by atoms with Gasteiger partial charge in [0.2, 0.25) is 0 Å². The molecule has 0 aliphatic carbocycles. The molecule has 0 spiro atoms. The standard InChI is InChI=1S/C19H10F2N2O4S/c20-19(21)26-13-7-6-11(8-14(13)27-19)23-17(24)16-12(22-18(23)25)9-15(28-16)10-4-2-1-3-5-10/h1-9H,(H,22,25). The number of rotatable bonds is 2. The predicted octanol–water partition coefficient (Wildman–Crippen LogP) is 3.73. The van der Waals surface area contributed by atoms with Gasteiger partial charge in [0, 0.05) is 10.9 Å². The molecule has 3 heterocycles. The van der Waals surface area contributed by atoms with Gasteiger partial charge in [0.05, 0.1) is 11.2 Å². The van der Waals surface area contributed by atoms with Crippen molar-refractivity contribution in [3.63, 3.8) is 0 Å². The summed E-state index contributed by atoms with van der Waals surface area (Å²) >= 11 is 1.24. The van der Waals surface area contributed by atoms with E-state index < -0.39 is 17.5 Å². The van der Waals surface area contributed by atoms with Crippen molar-refractivity contribution in [3.8, 4) is 27.6 Å². The van der Waals surface area contributed by atoms with Crippen molar-refractivity contribution in [1.82, 2.24) is 9.55 Å². The highest BCUT2D eigenvalue weighted by atomic mass is 32.1. The normalized spacial score (nSPS) is 14.5. The Hall–Kier alpha value is -3.46. The van der Waals surface area contributed by atoms with Crippen LogP contribution in [0.2, 0.25) is 0 Å². The molecule has 9 heteroatoms. The van der Waals surface area contributed by atoms with Crippen LogP contribution in [0.3, 0.4) is 0 Å². The lowest BCUT2D eigenvalue weighted by Crippen LogP contribution is -2.32. The zero-order valence-corrected chi connectivity index (χ0v) is 14.8. The van der Waals surface area contributed by atoms with Gasteiger partial charge in [0.15, 0.2) is 11.5 Å². The van der Waals surface area contributed by atoms with Crippen molar-refractivity contribution in [3.05, 3.63) is 75.4 Å². The highest BCUT2D eigenvalue weighted by molar-refractivity contribution is 7.22. The smallest absolute Gasteiger partial charge is 0.395 e. The van der Waals surface area contributed by atoms with Gasteiger partial charge in [-0.25, -0.2) is 9.36 Å². The Labute approximate surface area is 159 Å². The number of thiophene rings is 1. The summed E-state index contributed by atoms with van der Waals surface area (Å²) in [4.78, 5) is 29.0. The lowest BCUT2D eigenvalue weighted by Gasteiger charge is -2.05. The molecule has 0 radical (unpaired) electrons. The molecule has 0 unspecified atom stereocenters. The number of hydrogen-bond acceptors (Lipinski definition) is 5.